The third-order valence-electron chi connectivity index (χ3n) is 7.44. The minimum Gasteiger partial charge on any atom is -0.455 e. The van der Waals surface area contributed by atoms with E-state index in [1.807, 2.05) is 0 Å². The first-order valence-electron chi connectivity index (χ1n) is 10.7. The molecule has 2 N–H and O–H groups in total. The van der Waals surface area contributed by atoms with Crippen LogP contribution in [0.1, 0.15) is 71.1 Å². The highest BCUT2D eigenvalue weighted by molar-refractivity contribution is 6.24. The maximum absolute atomic E-state index is 12.8. The zero-order valence-electron chi connectivity index (χ0n) is 16.6. The highest BCUT2D eigenvalue weighted by atomic mass is 35.5. The van der Waals surface area contributed by atoms with Gasteiger partial charge in [-0.15, -0.1) is 11.6 Å². The van der Waals surface area contributed by atoms with Gasteiger partial charge in [0.15, 0.2) is 6.61 Å². The van der Waals surface area contributed by atoms with Crippen LogP contribution in [0.4, 0.5) is 4.79 Å². The van der Waals surface area contributed by atoms with E-state index in [9.17, 15) is 14.4 Å². The Hall–Kier alpha value is -1.30. The van der Waals surface area contributed by atoms with Gasteiger partial charge in [0.05, 0.1) is 5.41 Å². The van der Waals surface area contributed by atoms with Crippen molar-refractivity contribution in [2.24, 2.45) is 23.2 Å². The Balaban J connectivity index is 1.26. The van der Waals surface area contributed by atoms with Crippen molar-refractivity contribution in [3.05, 3.63) is 0 Å². The Bertz CT molecular complexity index is 653. The molecule has 156 valence electrons. The number of halogens is 1. The van der Waals surface area contributed by atoms with Crippen molar-refractivity contribution in [2.45, 2.75) is 82.0 Å². The van der Waals surface area contributed by atoms with E-state index in [0.717, 1.165) is 51.4 Å². The molecule has 4 unspecified atom stereocenters. The van der Waals surface area contributed by atoms with E-state index in [0.29, 0.717) is 24.2 Å². The van der Waals surface area contributed by atoms with Gasteiger partial charge >= 0.3 is 12.0 Å². The standard InChI is InChI=1S/C21H31ClN2O4/c1-13-4-2-3-5-16(13)23-19(27)24-17(25)11-28-18(26)20-7-14-6-15(8-20)10-21(22,9-14)12-20/h13-16H,2-12H2,1H3,(H2,23,24,25,27). The van der Waals surface area contributed by atoms with E-state index in [4.69, 9.17) is 16.3 Å². The van der Waals surface area contributed by atoms with Gasteiger partial charge in [-0.25, -0.2) is 4.79 Å². The lowest BCUT2D eigenvalue weighted by atomic mass is 9.49. The minimum absolute atomic E-state index is 0.0936. The number of carbonyl (C=O) groups is 3. The summed E-state index contributed by atoms with van der Waals surface area (Å²) in [5.74, 6) is 0.487. The van der Waals surface area contributed by atoms with Crippen LogP contribution in [0.5, 0.6) is 0 Å². The number of rotatable bonds is 4. The fraction of sp³-hybridized carbons (Fsp3) is 0.857. The zero-order chi connectivity index (χ0) is 19.9. The quantitative estimate of drug-likeness (QED) is 0.548. The van der Waals surface area contributed by atoms with Gasteiger partial charge in [0, 0.05) is 10.9 Å². The number of hydrogen-bond donors (Lipinski definition) is 2. The summed E-state index contributed by atoms with van der Waals surface area (Å²) in [5.41, 5.74) is -0.536. The van der Waals surface area contributed by atoms with E-state index in [-0.39, 0.29) is 16.9 Å². The normalized spacial score (nSPS) is 41.4. The van der Waals surface area contributed by atoms with E-state index < -0.39 is 24.0 Å². The first kappa shape index (κ1) is 20.0. The summed E-state index contributed by atoms with van der Waals surface area (Å²) in [7, 11) is 0. The maximum Gasteiger partial charge on any atom is 0.321 e. The lowest BCUT2D eigenvalue weighted by Gasteiger charge is -2.58. The van der Waals surface area contributed by atoms with E-state index in [1.54, 1.807) is 0 Å². The first-order valence-corrected chi connectivity index (χ1v) is 11.1. The number of nitrogens with one attached hydrogen (secondary N) is 2. The van der Waals surface area contributed by atoms with Crippen LogP contribution in [0.15, 0.2) is 0 Å². The van der Waals surface area contributed by atoms with E-state index in [2.05, 4.69) is 17.6 Å². The second-order valence-corrected chi connectivity index (χ2v) is 10.7. The van der Waals surface area contributed by atoms with Gasteiger partial charge in [0.2, 0.25) is 0 Å². The topological polar surface area (TPSA) is 84.5 Å². The minimum atomic E-state index is -0.584. The van der Waals surface area contributed by atoms with Gasteiger partial charge in [-0.3, -0.25) is 14.9 Å². The number of alkyl halides is 1. The van der Waals surface area contributed by atoms with Crippen LogP contribution in [0.25, 0.3) is 0 Å². The summed E-state index contributed by atoms with van der Waals surface area (Å²) in [5, 5.41) is 5.16. The fourth-order valence-electron chi connectivity index (χ4n) is 6.57. The highest BCUT2D eigenvalue weighted by Gasteiger charge is 2.60. The number of ether oxygens (including phenoxy) is 1. The molecule has 7 heteroatoms. The second-order valence-electron chi connectivity index (χ2n) is 9.86. The van der Waals surface area contributed by atoms with Crippen LogP contribution in [0.2, 0.25) is 0 Å². The van der Waals surface area contributed by atoms with Crippen molar-refractivity contribution in [2.75, 3.05) is 6.61 Å². The number of hydrogen-bond acceptors (Lipinski definition) is 4. The summed E-state index contributed by atoms with van der Waals surface area (Å²) >= 11 is 6.76. The largest absolute Gasteiger partial charge is 0.455 e. The molecule has 3 amide bonds. The Labute approximate surface area is 171 Å². The maximum atomic E-state index is 12.8. The first-order chi connectivity index (χ1) is 13.3. The summed E-state index contributed by atoms with van der Waals surface area (Å²) in [6, 6.07) is -0.412. The molecule has 6 nitrogen and oxygen atoms in total. The van der Waals surface area contributed by atoms with Crippen LogP contribution in [-0.2, 0) is 14.3 Å². The zero-order valence-corrected chi connectivity index (χ0v) is 17.4. The molecule has 0 heterocycles. The molecule has 0 aliphatic heterocycles. The Morgan fingerprint density at radius 3 is 2.39 bits per heavy atom. The van der Waals surface area contributed by atoms with E-state index >= 15 is 0 Å². The average molecular weight is 411 g/mol. The van der Waals surface area contributed by atoms with Gasteiger partial charge in [0.1, 0.15) is 0 Å². The summed E-state index contributed by atoms with van der Waals surface area (Å²) < 4.78 is 5.36. The highest BCUT2D eigenvalue weighted by Crippen LogP contribution is 2.64. The van der Waals surface area contributed by atoms with Crippen LogP contribution in [0.3, 0.4) is 0 Å². The Morgan fingerprint density at radius 1 is 1.07 bits per heavy atom. The molecule has 28 heavy (non-hydrogen) atoms. The summed E-state index contributed by atoms with van der Waals surface area (Å²) in [4.78, 5) is 36.7. The molecule has 0 radical (unpaired) electrons. The van der Waals surface area contributed by atoms with Gasteiger partial charge in [-0.05, 0) is 69.1 Å². The van der Waals surface area contributed by atoms with Gasteiger partial charge in [-0.1, -0.05) is 19.8 Å². The average Bonchev–Trinajstić information content (AvgIpc) is 2.59. The molecule has 0 aromatic carbocycles. The predicted octanol–water partition coefficient (Wildman–Crippen LogP) is 3.51. The molecule has 5 fully saturated rings. The number of esters is 1. The van der Waals surface area contributed by atoms with Gasteiger partial charge < -0.3 is 10.1 Å². The molecular formula is C21H31ClN2O4. The Kier molecular flexibility index (Phi) is 5.36. The SMILES string of the molecule is CC1CCCCC1NC(=O)NC(=O)COC(=O)C12CC3CC(CC(Cl)(C3)C1)C2. The lowest BCUT2D eigenvalue weighted by Crippen LogP contribution is -2.56. The van der Waals surface area contributed by atoms with Crippen LogP contribution in [0, 0.1) is 23.2 Å². The molecular weight excluding hydrogens is 380 g/mol. The van der Waals surface area contributed by atoms with Crippen LogP contribution in [-0.4, -0.2) is 35.4 Å². The van der Waals surface area contributed by atoms with Crippen molar-refractivity contribution in [1.29, 1.82) is 0 Å². The summed E-state index contributed by atoms with van der Waals surface area (Å²) in [6.45, 7) is 1.70. The smallest absolute Gasteiger partial charge is 0.321 e. The number of amides is 3. The fourth-order valence-corrected chi connectivity index (χ4v) is 7.26. The molecule has 4 atom stereocenters. The van der Waals surface area contributed by atoms with Crippen molar-refractivity contribution in [3.8, 4) is 0 Å². The van der Waals surface area contributed by atoms with E-state index in [1.165, 1.54) is 6.42 Å². The van der Waals surface area contributed by atoms with Crippen molar-refractivity contribution in [3.63, 3.8) is 0 Å². The van der Waals surface area contributed by atoms with Gasteiger partial charge in [0.25, 0.3) is 5.91 Å². The lowest BCUT2D eigenvalue weighted by molar-refractivity contribution is -0.171. The van der Waals surface area contributed by atoms with Gasteiger partial charge in [-0.2, -0.15) is 0 Å². The van der Waals surface area contributed by atoms with Crippen LogP contribution >= 0.6 is 11.6 Å². The molecule has 5 aliphatic carbocycles. The van der Waals surface area contributed by atoms with Crippen LogP contribution < -0.4 is 10.6 Å². The molecule has 5 saturated carbocycles. The third kappa shape index (κ3) is 4.03. The molecule has 0 aromatic heterocycles. The third-order valence-corrected chi connectivity index (χ3v) is 7.88. The molecule has 0 saturated heterocycles. The Morgan fingerprint density at radius 2 is 1.75 bits per heavy atom. The molecule has 5 rings (SSSR count). The predicted molar refractivity (Wildman–Crippen MR) is 105 cm³/mol. The van der Waals surface area contributed by atoms with Crippen molar-refractivity contribution in [1.82, 2.24) is 10.6 Å². The molecule has 5 aliphatic rings. The monoisotopic (exact) mass is 410 g/mol. The van der Waals surface area contributed by atoms with Crippen molar-refractivity contribution < 1.29 is 19.1 Å². The molecule has 0 spiro atoms. The molecule has 4 bridgehead atoms. The second kappa shape index (κ2) is 7.51. The molecule has 0 aromatic rings. The number of urea groups is 1. The number of carbonyl (C=O) groups excluding carboxylic acids is 3. The number of imide groups is 1. The van der Waals surface area contributed by atoms with Crippen molar-refractivity contribution >= 4 is 29.5 Å². The summed E-state index contributed by atoms with van der Waals surface area (Å²) in [6.07, 6.45) is 9.71.